The molecule has 0 aliphatic heterocycles. The van der Waals surface area contributed by atoms with Gasteiger partial charge >= 0.3 is 0 Å². The number of carbonyl (C=O) groups is 1. The minimum Gasteiger partial charge on any atom is -0.496 e. The van der Waals surface area contributed by atoms with Crippen molar-refractivity contribution in [3.63, 3.8) is 0 Å². The number of nitrogens with zero attached hydrogens (tertiary/aromatic N) is 2. The van der Waals surface area contributed by atoms with Crippen molar-refractivity contribution >= 4 is 40.0 Å². The SMILES string of the molecule is COc1ccc(Cl)cc1CN(C)C(=O)c1ccc2nc(Cl)ccc2c1. The van der Waals surface area contributed by atoms with E-state index in [4.69, 9.17) is 27.9 Å². The highest BCUT2D eigenvalue weighted by Crippen LogP contribution is 2.24. The van der Waals surface area contributed by atoms with E-state index in [2.05, 4.69) is 4.98 Å². The molecular weight excluding hydrogens is 359 g/mol. The van der Waals surface area contributed by atoms with Crippen LogP contribution in [0.1, 0.15) is 15.9 Å². The Balaban J connectivity index is 1.85. The van der Waals surface area contributed by atoms with E-state index in [1.165, 1.54) is 0 Å². The van der Waals surface area contributed by atoms with Crippen molar-refractivity contribution in [2.45, 2.75) is 6.54 Å². The maximum Gasteiger partial charge on any atom is 0.253 e. The van der Waals surface area contributed by atoms with Crippen molar-refractivity contribution in [3.8, 4) is 5.75 Å². The van der Waals surface area contributed by atoms with Crippen LogP contribution in [0.5, 0.6) is 5.75 Å². The van der Waals surface area contributed by atoms with Gasteiger partial charge in [-0.3, -0.25) is 4.79 Å². The molecule has 0 atom stereocenters. The van der Waals surface area contributed by atoms with Crippen molar-refractivity contribution in [1.29, 1.82) is 0 Å². The molecule has 0 saturated carbocycles. The van der Waals surface area contributed by atoms with Crippen LogP contribution in [0.25, 0.3) is 10.9 Å². The van der Waals surface area contributed by atoms with Crippen LogP contribution < -0.4 is 4.74 Å². The molecule has 0 unspecified atom stereocenters. The standard InChI is InChI=1S/C19H16Cl2N2O2/c1-23(11-14-10-15(20)5-7-17(14)25-2)19(24)13-3-6-16-12(9-13)4-8-18(21)22-16/h3-10H,11H2,1-2H3. The van der Waals surface area contributed by atoms with Gasteiger partial charge in [-0.05, 0) is 48.5 Å². The number of halogens is 2. The van der Waals surface area contributed by atoms with Gasteiger partial charge in [0.15, 0.2) is 0 Å². The highest BCUT2D eigenvalue weighted by atomic mass is 35.5. The number of aromatic nitrogens is 1. The van der Waals surface area contributed by atoms with Gasteiger partial charge in [0.05, 0.1) is 12.6 Å². The maximum atomic E-state index is 12.7. The molecule has 2 aromatic carbocycles. The molecule has 0 aliphatic carbocycles. The smallest absolute Gasteiger partial charge is 0.253 e. The number of pyridine rings is 1. The van der Waals surface area contributed by atoms with E-state index < -0.39 is 0 Å². The van der Waals surface area contributed by atoms with Gasteiger partial charge < -0.3 is 9.64 Å². The minimum absolute atomic E-state index is 0.0983. The zero-order chi connectivity index (χ0) is 18.0. The van der Waals surface area contributed by atoms with Gasteiger partial charge in [-0.2, -0.15) is 0 Å². The van der Waals surface area contributed by atoms with E-state index in [0.717, 1.165) is 16.5 Å². The molecule has 25 heavy (non-hydrogen) atoms. The number of rotatable bonds is 4. The van der Waals surface area contributed by atoms with Crippen LogP contribution in [0.15, 0.2) is 48.5 Å². The van der Waals surface area contributed by atoms with E-state index in [-0.39, 0.29) is 5.91 Å². The Hall–Kier alpha value is -2.30. The molecule has 0 fully saturated rings. The summed E-state index contributed by atoms with van der Waals surface area (Å²) in [6.07, 6.45) is 0. The fraction of sp³-hybridized carbons (Fsp3) is 0.158. The van der Waals surface area contributed by atoms with Gasteiger partial charge in [-0.25, -0.2) is 4.98 Å². The fourth-order valence-electron chi connectivity index (χ4n) is 2.65. The molecule has 0 bridgehead atoms. The quantitative estimate of drug-likeness (QED) is 0.614. The Morgan fingerprint density at radius 2 is 1.92 bits per heavy atom. The number of methoxy groups -OCH3 is 1. The molecule has 128 valence electrons. The third-order valence-corrected chi connectivity index (χ3v) is 4.34. The maximum absolute atomic E-state index is 12.7. The molecule has 3 aromatic rings. The van der Waals surface area contributed by atoms with Crippen LogP contribution in [0, 0.1) is 0 Å². The Morgan fingerprint density at radius 1 is 1.12 bits per heavy atom. The molecule has 6 heteroatoms. The molecule has 0 saturated heterocycles. The van der Waals surface area contributed by atoms with Gasteiger partial charge in [-0.15, -0.1) is 0 Å². The van der Waals surface area contributed by atoms with E-state index in [1.54, 1.807) is 55.5 Å². The summed E-state index contributed by atoms with van der Waals surface area (Å²) in [5.74, 6) is 0.597. The van der Waals surface area contributed by atoms with Gasteiger partial charge in [0.25, 0.3) is 5.91 Å². The number of hydrogen-bond acceptors (Lipinski definition) is 3. The van der Waals surface area contributed by atoms with Gasteiger partial charge in [0, 0.05) is 35.1 Å². The lowest BCUT2D eigenvalue weighted by atomic mass is 10.1. The average Bonchev–Trinajstić information content (AvgIpc) is 2.60. The molecule has 1 aromatic heterocycles. The predicted octanol–water partition coefficient (Wildman–Crippen LogP) is 4.82. The van der Waals surface area contributed by atoms with Crippen molar-refractivity contribution in [1.82, 2.24) is 9.88 Å². The Morgan fingerprint density at radius 3 is 2.68 bits per heavy atom. The second-order valence-corrected chi connectivity index (χ2v) is 6.48. The summed E-state index contributed by atoms with van der Waals surface area (Å²) >= 11 is 11.9. The normalized spacial score (nSPS) is 10.7. The van der Waals surface area contributed by atoms with E-state index in [9.17, 15) is 4.79 Å². The van der Waals surface area contributed by atoms with Crippen LogP contribution >= 0.6 is 23.2 Å². The van der Waals surface area contributed by atoms with Crippen LogP contribution in [0.3, 0.4) is 0 Å². The third-order valence-electron chi connectivity index (χ3n) is 3.90. The largest absolute Gasteiger partial charge is 0.496 e. The Labute approximate surface area is 155 Å². The number of carbonyl (C=O) groups excluding carboxylic acids is 1. The zero-order valence-corrected chi connectivity index (χ0v) is 15.3. The predicted molar refractivity (Wildman–Crippen MR) is 101 cm³/mol. The van der Waals surface area contributed by atoms with E-state index in [1.807, 2.05) is 12.1 Å². The highest BCUT2D eigenvalue weighted by molar-refractivity contribution is 6.30. The minimum atomic E-state index is -0.0983. The lowest BCUT2D eigenvalue weighted by Crippen LogP contribution is -2.26. The van der Waals surface area contributed by atoms with Crippen molar-refractivity contribution < 1.29 is 9.53 Å². The second kappa shape index (κ2) is 7.30. The molecule has 1 amide bonds. The number of fused-ring (bicyclic) bond motifs is 1. The van der Waals surface area contributed by atoms with Crippen LogP contribution in [0.4, 0.5) is 0 Å². The van der Waals surface area contributed by atoms with Crippen molar-refractivity contribution in [2.75, 3.05) is 14.2 Å². The second-order valence-electron chi connectivity index (χ2n) is 5.66. The number of hydrogen-bond donors (Lipinski definition) is 0. The summed E-state index contributed by atoms with van der Waals surface area (Å²) in [6.45, 7) is 0.388. The van der Waals surface area contributed by atoms with Gasteiger partial charge in [0.1, 0.15) is 10.9 Å². The van der Waals surface area contributed by atoms with Crippen LogP contribution in [0.2, 0.25) is 10.2 Å². The molecule has 0 aliphatic rings. The first-order chi connectivity index (χ1) is 12.0. The summed E-state index contributed by atoms with van der Waals surface area (Å²) in [5, 5.41) is 1.89. The van der Waals surface area contributed by atoms with Gasteiger partial charge in [-0.1, -0.05) is 23.2 Å². The molecule has 1 heterocycles. The summed E-state index contributed by atoms with van der Waals surface area (Å²) in [7, 11) is 3.34. The lowest BCUT2D eigenvalue weighted by Gasteiger charge is -2.19. The summed E-state index contributed by atoms with van der Waals surface area (Å²) < 4.78 is 5.34. The van der Waals surface area contributed by atoms with E-state index >= 15 is 0 Å². The van der Waals surface area contributed by atoms with Crippen molar-refractivity contribution in [3.05, 3.63) is 69.8 Å². The van der Waals surface area contributed by atoms with Crippen LogP contribution in [-0.4, -0.2) is 29.9 Å². The first-order valence-electron chi connectivity index (χ1n) is 7.62. The summed E-state index contributed by atoms with van der Waals surface area (Å²) in [6, 6.07) is 14.3. The van der Waals surface area contributed by atoms with Crippen molar-refractivity contribution in [2.24, 2.45) is 0 Å². The Kier molecular flexibility index (Phi) is 5.11. The number of benzene rings is 2. The van der Waals surface area contributed by atoms with Crippen LogP contribution in [-0.2, 0) is 6.54 Å². The molecule has 4 nitrogen and oxygen atoms in total. The lowest BCUT2D eigenvalue weighted by molar-refractivity contribution is 0.0784. The summed E-state index contributed by atoms with van der Waals surface area (Å²) in [5.41, 5.74) is 2.18. The molecule has 0 N–H and O–H groups in total. The van der Waals surface area contributed by atoms with E-state index in [0.29, 0.717) is 28.0 Å². The molecule has 0 radical (unpaired) electrons. The monoisotopic (exact) mass is 374 g/mol. The fourth-order valence-corrected chi connectivity index (χ4v) is 3.00. The first-order valence-corrected chi connectivity index (χ1v) is 8.37. The first kappa shape index (κ1) is 17.5. The average molecular weight is 375 g/mol. The highest BCUT2D eigenvalue weighted by Gasteiger charge is 2.15. The number of amides is 1. The third kappa shape index (κ3) is 3.86. The van der Waals surface area contributed by atoms with Gasteiger partial charge in [0.2, 0.25) is 0 Å². The zero-order valence-electron chi connectivity index (χ0n) is 13.8. The molecular formula is C19H16Cl2N2O2. The molecule has 0 spiro atoms. The summed E-state index contributed by atoms with van der Waals surface area (Å²) in [4.78, 5) is 18.6. The number of ether oxygens (including phenoxy) is 1. The Bertz CT molecular complexity index is 944. The molecule has 3 rings (SSSR count). The topological polar surface area (TPSA) is 42.4 Å².